The highest BCUT2D eigenvalue weighted by Gasteiger charge is 2.13. The Kier molecular flexibility index (Phi) is 22.8. The number of rotatable bonds is 11. The summed E-state index contributed by atoms with van der Waals surface area (Å²) < 4.78 is 32.3. The highest BCUT2D eigenvalue weighted by molar-refractivity contribution is 9.11. The zero-order valence-corrected chi connectivity index (χ0v) is 36.6. The van der Waals surface area contributed by atoms with E-state index in [0.717, 1.165) is 41.8 Å². The van der Waals surface area contributed by atoms with Gasteiger partial charge in [0.1, 0.15) is 17.2 Å². The van der Waals surface area contributed by atoms with Crippen LogP contribution in [0.4, 0.5) is 5.69 Å². The highest BCUT2D eigenvalue weighted by Crippen LogP contribution is 2.25. The predicted octanol–water partition coefficient (Wildman–Crippen LogP) is 8.15. The first-order valence-corrected chi connectivity index (χ1v) is 19.3. The summed E-state index contributed by atoms with van der Waals surface area (Å²) in [5.41, 5.74) is 6.33. The number of anilines is 1. The van der Waals surface area contributed by atoms with Gasteiger partial charge >= 0.3 is 11.9 Å². The molecule has 4 aromatic rings. The fraction of sp³-hybridized carbons (Fsp3) is 0.350. The van der Waals surface area contributed by atoms with Gasteiger partial charge in [0.05, 0.1) is 39.1 Å². The van der Waals surface area contributed by atoms with Crippen LogP contribution in [0.3, 0.4) is 0 Å². The number of aromatic hydroxyl groups is 2. The molecule has 1 aliphatic rings. The molecular weight excluding hydrogens is 908 g/mol. The van der Waals surface area contributed by atoms with Crippen molar-refractivity contribution in [2.75, 3.05) is 66.6 Å². The lowest BCUT2D eigenvalue weighted by atomic mass is 10.1. The number of esters is 2. The van der Waals surface area contributed by atoms with Crippen molar-refractivity contribution >= 4 is 65.4 Å². The lowest BCUT2D eigenvalue weighted by molar-refractivity contribution is -0.131. The van der Waals surface area contributed by atoms with E-state index in [0.29, 0.717) is 46.7 Å². The minimum absolute atomic E-state index is 0.0573. The van der Waals surface area contributed by atoms with Crippen LogP contribution in [0, 0.1) is 0 Å². The van der Waals surface area contributed by atoms with Gasteiger partial charge in [-0.15, -0.1) is 0 Å². The second kappa shape index (κ2) is 26.3. The molecule has 3 N–H and O–H groups in total. The molecule has 0 bridgehead atoms. The number of carbonyl (C=O) groups is 2. The van der Waals surface area contributed by atoms with Crippen LogP contribution in [0.15, 0.2) is 86.2 Å². The smallest absolute Gasteiger partial charge is 0.338 e. The molecule has 0 amide bonds. The number of hydrogen-bond donors (Lipinski definition) is 3. The quantitative estimate of drug-likeness (QED) is 0.0986. The van der Waals surface area contributed by atoms with Gasteiger partial charge in [0.25, 0.3) is 0 Å². The molecule has 1 saturated heterocycles. The van der Waals surface area contributed by atoms with Crippen LogP contribution in [0.2, 0.25) is 0 Å². The number of phenols is 2. The average molecular weight is 958 g/mol. The molecule has 5 rings (SSSR count). The Labute approximate surface area is 348 Å². The van der Waals surface area contributed by atoms with E-state index in [4.69, 9.17) is 33.9 Å². The number of phenolic OH excluding ortho intramolecular Hbond substituents is 2. The highest BCUT2D eigenvalue weighted by atomic mass is 79.9. The van der Waals surface area contributed by atoms with Gasteiger partial charge in [-0.2, -0.15) is 0 Å². The zero-order valence-electron chi connectivity index (χ0n) is 31.8. The molecule has 55 heavy (non-hydrogen) atoms. The number of methoxy groups -OCH3 is 5. The number of halogens is 3. The Balaban J connectivity index is 0.000000260. The minimum Gasteiger partial charge on any atom is -0.508 e. The van der Waals surface area contributed by atoms with Gasteiger partial charge in [0.2, 0.25) is 0 Å². The Hall–Kier alpha value is -3.54. The standard InChI is InChI=1S/C14H22N2O2.C10H9BrO4.C10H13BrO2.C6H5BrO2/c1-17-10-12-7-13(11-18-2)9-14(8-12)16-5-3-15-4-6-16;1-6(12)15-9-4-7(10(13)14-2)3-8(11)5-9;1-12-6-8-3-9(7-13-2)5-10(11)4-8;7-4-1-5(8)3-6(9)2-4/h7-9,15H,3-6,10-11H2,1-2H3;3-5H,1-2H3;3-5H,6-7H2,1-2H3;1-3,8-9H. The van der Waals surface area contributed by atoms with Crippen LogP contribution in [0.5, 0.6) is 17.2 Å². The number of benzene rings is 4. The first-order chi connectivity index (χ1) is 26.3. The molecule has 0 aliphatic carbocycles. The van der Waals surface area contributed by atoms with Crippen molar-refractivity contribution in [1.82, 2.24) is 5.32 Å². The number of nitrogens with zero attached hydrogens (tertiary/aromatic N) is 1. The van der Waals surface area contributed by atoms with Crippen molar-refractivity contribution < 1.29 is 48.2 Å². The molecule has 0 atom stereocenters. The molecule has 0 aromatic heterocycles. The molecule has 0 saturated carbocycles. The predicted molar refractivity (Wildman–Crippen MR) is 223 cm³/mol. The Morgan fingerprint density at radius 3 is 1.47 bits per heavy atom. The summed E-state index contributed by atoms with van der Waals surface area (Å²) in [7, 11) is 8.13. The lowest BCUT2D eigenvalue weighted by Gasteiger charge is -2.30. The molecule has 4 aromatic carbocycles. The Bertz CT molecular complexity index is 1690. The molecule has 0 spiro atoms. The van der Waals surface area contributed by atoms with E-state index in [1.807, 2.05) is 12.1 Å². The molecule has 12 nitrogen and oxygen atoms in total. The summed E-state index contributed by atoms with van der Waals surface area (Å²) in [6, 6.07) is 21.6. The summed E-state index contributed by atoms with van der Waals surface area (Å²) in [5.74, 6) is -0.505. The van der Waals surface area contributed by atoms with E-state index in [9.17, 15) is 9.59 Å². The Morgan fingerprint density at radius 1 is 0.618 bits per heavy atom. The second-order valence-corrected chi connectivity index (χ2v) is 14.6. The van der Waals surface area contributed by atoms with Crippen molar-refractivity contribution in [3.63, 3.8) is 0 Å². The SMILES string of the molecule is COC(=O)c1cc(Br)cc(OC(C)=O)c1.COCc1cc(Br)cc(COC)c1.COCc1cc(COC)cc(N2CCNCC2)c1.Oc1cc(O)cc(Br)c1. The van der Waals surface area contributed by atoms with Gasteiger partial charge in [-0.25, -0.2) is 4.79 Å². The first kappa shape index (κ1) is 47.6. The molecule has 1 fully saturated rings. The van der Waals surface area contributed by atoms with Crippen LogP contribution in [0.25, 0.3) is 0 Å². The van der Waals surface area contributed by atoms with E-state index in [2.05, 4.69) is 87.0 Å². The van der Waals surface area contributed by atoms with Crippen molar-refractivity contribution in [2.24, 2.45) is 0 Å². The van der Waals surface area contributed by atoms with Crippen LogP contribution < -0.4 is 15.0 Å². The molecule has 15 heteroatoms. The van der Waals surface area contributed by atoms with Gasteiger partial charge in [-0.3, -0.25) is 4.79 Å². The number of piperazine rings is 1. The number of nitrogens with one attached hydrogen (secondary N) is 1. The topological polar surface area (TPSA) is 145 Å². The van der Waals surface area contributed by atoms with E-state index in [1.165, 1.54) is 55.1 Å². The minimum atomic E-state index is -0.482. The third-order valence-electron chi connectivity index (χ3n) is 7.20. The van der Waals surface area contributed by atoms with Gasteiger partial charge in [0.15, 0.2) is 0 Å². The van der Waals surface area contributed by atoms with Gasteiger partial charge < -0.3 is 48.9 Å². The van der Waals surface area contributed by atoms with E-state index in [-0.39, 0.29) is 11.5 Å². The zero-order chi connectivity index (χ0) is 40.8. The number of hydrogen-bond acceptors (Lipinski definition) is 12. The molecule has 0 unspecified atom stereocenters. The van der Waals surface area contributed by atoms with Crippen molar-refractivity contribution in [3.8, 4) is 17.2 Å². The number of carbonyl (C=O) groups excluding carboxylic acids is 2. The van der Waals surface area contributed by atoms with Crippen LogP contribution in [-0.2, 0) is 54.9 Å². The van der Waals surface area contributed by atoms with E-state index < -0.39 is 11.9 Å². The molecular formula is C40H49Br3N2O10. The van der Waals surface area contributed by atoms with Gasteiger partial charge in [-0.05, 0) is 76.9 Å². The maximum absolute atomic E-state index is 11.2. The first-order valence-electron chi connectivity index (χ1n) is 16.9. The summed E-state index contributed by atoms with van der Waals surface area (Å²) in [5, 5.41) is 21.0. The van der Waals surface area contributed by atoms with Crippen LogP contribution in [0.1, 0.15) is 39.5 Å². The normalized spacial score (nSPS) is 11.8. The monoisotopic (exact) mass is 954 g/mol. The summed E-state index contributed by atoms with van der Waals surface area (Å²) in [6.07, 6.45) is 0. The molecule has 300 valence electrons. The average Bonchev–Trinajstić information content (AvgIpc) is 3.12. The number of ether oxygens (including phenoxy) is 6. The molecule has 1 heterocycles. The van der Waals surface area contributed by atoms with Crippen LogP contribution >= 0.6 is 47.8 Å². The lowest BCUT2D eigenvalue weighted by Crippen LogP contribution is -2.43. The summed E-state index contributed by atoms with van der Waals surface area (Å²) >= 11 is 9.74. The van der Waals surface area contributed by atoms with Crippen molar-refractivity contribution in [1.29, 1.82) is 0 Å². The summed E-state index contributed by atoms with van der Waals surface area (Å²) in [4.78, 5) is 24.4. The van der Waals surface area contributed by atoms with Gasteiger partial charge in [-0.1, -0.05) is 59.9 Å². The van der Waals surface area contributed by atoms with E-state index >= 15 is 0 Å². The maximum Gasteiger partial charge on any atom is 0.338 e. The second-order valence-electron chi connectivity index (χ2n) is 11.9. The maximum atomic E-state index is 11.2. The molecule has 1 aliphatic heterocycles. The summed E-state index contributed by atoms with van der Waals surface area (Å²) in [6.45, 7) is 8.08. The Morgan fingerprint density at radius 2 is 1.05 bits per heavy atom. The van der Waals surface area contributed by atoms with Gasteiger partial charge in [0, 0.05) is 86.7 Å². The van der Waals surface area contributed by atoms with Crippen molar-refractivity contribution in [2.45, 2.75) is 33.4 Å². The third-order valence-corrected chi connectivity index (χ3v) is 8.58. The van der Waals surface area contributed by atoms with Crippen molar-refractivity contribution in [3.05, 3.63) is 114 Å². The molecule has 0 radical (unpaired) electrons. The third kappa shape index (κ3) is 19.2. The largest absolute Gasteiger partial charge is 0.508 e. The fourth-order valence-electron chi connectivity index (χ4n) is 5.15. The van der Waals surface area contributed by atoms with E-state index in [1.54, 1.807) is 40.6 Å². The van der Waals surface area contributed by atoms with Crippen LogP contribution in [-0.4, -0.2) is 83.9 Å². The fourth-order valence-corrected chi connectivity index (χ4v) is 6.68.